The van der Waals surface area contributed by atoms with Gasteiger partial charge in [0.15, 0.2) is 5.78 Å². The van der Waals surface area contributed by atoms with E-state index in [-0.39, 0.29) is 18.1 Å². The molecule has 19 heavy (non-hydrogen) atoms. The van der Waals surface area contributed by atoms with Crippen molar-refractivity contribution in [3.8, 4) is 0 Å². The van der Waals surface area contributed by atoms with Crippen molar-refractivity contribution >= 4 is 23.2 Å². The third-order valence-electron chi connectivity index (χ3n) is 2.57. The molecular weight excluding hydrogens is 270 g/mol. The average Bonchev–Trinajstić information content (AvgIpc) is 2.70. The summed E-state index contributed by atoms with van der Waals surface area (Å²) in [5.41, 5.74) is 0.789. The number of carbonyl (C=O) groups excluding carboxylic acids is 1. The lowest BCUT2D eigenvalue weighted by Gasteiger charge is -2.01. The Morgan fingerprint density at radius 2 is 2.16 bits per heavy atom. The van der Waals surface area contributed by atoms with E-state index in [0.717, 1.165) is 0 Å². The molecule has 2 aromatic rings. The SMILES string of the molecule is Cc1cn(CC(=O)c2ccccc2Cl)nc1[N+](=O)[O-]. The molecule has 2 rings (SSSR count). The molecule has 0 bridgehead atoms. The molecule has 0 fully saturated rings. The highest BCUT2D eigenvalue weighted by molar-refractivity contribution is 6.33. The van der Waals surface area contributed by atoms with E-state index in [0.29, 0.717) is 16.1 Å². The Morgan fingerprint density at radius 1 is 1.47 bits per heavy atom. The molecule has 98 valence electrons. The number of nitrogens with zero attached hydrogens (tertiary/aromatic N) is 3. The largest absolute Gasteiger partial charge is 0.392 e. The molecule has 0 spiro atoms. The zero-order chi connectivity index (χ0) is 14.0. The minimum atomic E-state index is -0.578. The van der Waals surface area contributed by atoms with Gasteiger partial charge in [-0.2, -0.15) is 4.68 Å². The Labute approximate surface area is 113 Å². The summed E-state index contributed by atoms with van der Waals surface area (Å²) >= 11 is 5.91. The minimum absolute atomic E-state index is 0.0849. The van der Waals surface area contributed by atoms with Gasteiger partial charge in [-0.1, -0.05) is 23.7 Å². The minimum Gasteiger partial charge on any atom is -0.358 e. The molecule has 0 atom stereocenters. The number of carbonyl (C=O) groups is 1. The number of aryl methyl sites for hydroxylation is 1. The highest BCUT2D eigenvalue weighted by Crippen LogP contribution is 2.18. The molecule has 0 aliphatic rings. The molecule has 6 nitrogen and oxygen atoms in total. The Kier molecular flexibility index (Phi) is 3.62. The van der Waals surface area contributed by atoms with E-state index >= 15 is 0 Å². The highest BCUT2D eigenvalue weighted by atomic mass is 35.5. The second-order valence-electron chi connectivity index (χ2n) is 3.99. The molecule has 1 heterocycles. The van der Waals surface area contributed by atoms with Crippen molar-refractivity contribution in [2.45, 2.75) is 13.5 Å². The number of aromatic nitrogens is 2. The predicted octanol–water partition coefficient (Wildman–Crippen LogP) is 2.64. The van der Waals surface area contributed by atoms with Crippen LogP contribution in [0.3, 0.4) is 0 Å². The first-order valence-corrected chi connectivity index (χ1v) is 5.83. The van der Waals surface area contributed by atoms with E-state index < -0.39 is 4.92 Å². The Balaban J connectivity index is 2.22. The zero-order valence-electron chi connectivity index (χ0n) is 10.0. The Hall–Kier alpha value is -2.21. The summed E-state index contributed by atoms with van der Waals surface area (Å²) in [5, 5.41) is 14.8. The topological polar surface area (TPSA) is 78.0 Å². The van der Waals surface area contributed by atoms with Crippen LogP contribution in [-0.2, 0) is 6.54 Å². The molecular formula is C12H10ClN3O3. The molecule has 0 saturated carbocycles. The maximum atomic E-state index is 12.0. The zero-order valence-corrected chi connectivity index (χ0v) is 10.8. The number of benzene rings is 1. The van der Waals surface area contributed by atoms with Crippen LogP contribution in [0.1, 0.15) is 15.9 Å². The van der Waals surface area contributed by atoms with Crippen LogP contribution in [0.4, 0.5) is 5.82 Å². The number of halogens is 1. The second kappa shape index (κ2) is 5.19. The molecule has 7 heteroatoms. The first kappa shape index (κ1) is 13.2. The Bertz CT molecular complexity index is 651. The summed E-state index contributed by atoms with van der Waals surface area (Å²) in [5.74, 6) is -0.491. The van der Waals surface area contributed by atoms with Gasteiger partial charge in [-0.15, -0.1) is 0 Å². The standard InChI is InChI=1S/C12H10ClN3O3/c1-8-6-15(14-12(8)16(18)19)7-11(17)9-4-2-3-5-10(9)13/h2-6H,7H2,1H3. The quantitative estimate of drug-likeness (QED) is 0.490. The Morgan fingerprint density at radius 3 is 2.74 bits per heavy atom. The molecule has 0 unspecified atom stereocenters. The maximum Gasteiger partial charge on any atom is 0.392 e. The lowest BCUT2D eigenvalue weighted by Crippen LogP contribution is -2.11. The normalized spacial score (nSPS) is 10.4. The smallest absolute Gasteiger partial charge is 0.358 e. The average molecular weight is 280 g/mol. The van der Waals surface area contributed by atoms with Gasteiger partial charge in [-0.3, -0.25) is 4.79 Å². The second-order valence-corrected chi connectivity index (χ2v) is 4.40. The number of hydrogen-bond acceptors (Lipinski definition) is 4. The van der Waals surface area contributed by atoms with E-state index in [1.54, 1.807) is 31.2 Å². The highest BCUT2D eigenvalue weighted by Gasteiger charge is 2.19. The summed E-state index contributed by atoms with van der Waals surface area (Å²) in [4.78, 5) is 22.1. The summed E-state index contributed by atoms with van der Waals surface area (Å²) in [6.07, 6.45) is 1.47. The van der Waals surface area contributed by atoms with Gasteiger partial charge in [-0.05, 0) is 24.0 Å². The number of ketones is 1. The van der Waals surface area contributed by atoms with Gasteiger partial charge >= 0.3 is 5.82 Å². The first-order chi connectivity index (χ1) is 8.99. The van der Waals surface area contributed by atoms with Crippen LogP contribution >= 0.6 is 11.6 Å². The predicted molar refractivity (Wildman–Crippen MR) is 69.4 cm³/mol. The van der Waals surface area contributed by atoms with Crippen molar-refractivity contribution in [1.29, 1.82) is 0 Å². The molecule has 0 radical (unpaired) electrons. The third kappa shape index (κ3) is 2.79. The van der Waals surface area contributed by atoms with Crippen molar-refractivity contribution in [1.82, 2.24) is 9.78 Å². The summed E-state index contributed by atoms with van der Waals surface area (Å²) in [6, 6.07) is 6.65. The van der Waals surface area contributed by atoms with Gasteiger partial charge < -0.3 is 10.1 Å². The number of rotatable bonds is 4. The van der Waals surface area contributed by atoms with E-state index in [4.69, 9.17) is 11.6 Å². The lowest BCUT2D eigenvalue weighted by atomic mass is 10.1. The van der Waals surface area contributed by atoms with Gasteiger partial charge in [0.05, 0.1) is 21.9 Å². The number of Topliss-reactive ketones (excluding diaryl/α,β-unsaturated/α-hetero) is 1. The van der Waals surface area contributed by atoms with E-state index in [2.05, 4.69) is 5.10 Å². The molecule has 1 aromatic heterocycles. The van der Waals surface area contributed by atoms with Crippen molar-refractivity contribution in [2.24, 2.45) is 0 Å². The summed E-state index contributed by atoms with van der Waals surface area (Å²) < 4.78 is 1.25. The van der Waals surface area contributed by atoms with E-state index in [1.165, 1.54) is 10.9 Å². The third-order valence-corrected chi connectivity index (χ3v) is 2.90. The van der Waals surface area contributed by atoms with Crippen LogP contribution in [0.2, 0.25) is 5.02 Å². The molecule has 1 aromatic carbocycles. The summed E-state index contributed by atoms with van der Waals surface area (Å²) in [6.45, 7) is 1.49. The fourth-order valence-electron chi connectivity index (χ4n) is 1.69. The van der Waals surface area contributed by atoms with Crippen LogP contribution in [0.25, 0.3) is 0 Å². The molecule has 0 aliphatic carbocycles. The van der Waals surface area contributed by atoms with Crippen LogP contribution < -0.4 is 0 Å². The van der Waals surface area contributed by atoms with Crippen molar-refractivity contribution < 1.29 is 9.72 Å². The lowest BCUT2D eigenvalue weighted by molar-refractivity contribution is -0.390. The summed E-state index contributed by atoms with van der Waals surface area (Å²) in [7, 11) is 0. The molecule has 0 saturated heterocycles. The molecule has 0 aliphatic heterocycles. The number of nitro groups is 1. The maximum absolute atomic E-state index is 12.0. The van der Waals surface area contributed by atoms with E-state index in [1.807, 2.05) is 0 Å². The van der Waals surface area contributed by atoms with Gasteiger partial charge in [0.25, 0.3) is 0 Å². The fourth-order valence-corrected chi connectivity index (χ4v) is 1.93. The van der Waals surface area contributed by atoms with Gasteiger partial charge in [-0.25, -0.2) is 0 Å². The van der Waals surface area contributed by atoms with Crippen molar-refractivity contribution in [3.63, 3.8) is 0 Å². The van der Waals surface area contributed by atoms with Gasteiger partial charge in [0, 0.05) is 5.56 Å². The van der Waals surface area contributed by atoms with Crippen molar-refractivity contribution in [2.75, 3.05) is 0 Å². The van der Waals surface area contributed by atoms with Gasteiger partial charge in [0.2, 0.25) is 0 Å². The van der Waals surface area contributed by atoms with Crippen LogP contribution in [0, 0.1) is 17.0 Å². The van der Waals surface area contributed by atoms with Gasteiger partial charge in [0.1, 0.15) is 6.54 Å². The van der Waals surface area contributed by atoms with Crippen molar-refractivity contribution in [3.05, 3.63) is 56.7 Å². The first-order valence-electron chi connectivity index (χ1n) is 5.45. The number of hydrogen-bond donors (Lipinski definition) is 0. The van der Waals surface area contributed by atoms with Crippen LogP contribution in [-0.4, -0.2) is 20.5 Å². The van der Waals surface area contributed by atoms with E-state index in [9.17, 15) is 14.9 Å². The monoisotopic (exact) mass is 279 g/mol. The van der Waals surface area contributed by atoms with Crippen LogP contribution in [0.15, 0.2) is 30.5 Å². The molecule has 0 amide bonds. The van der Waals surface area contributed by atoms with Crippen LogP contribution in [0.5, 0.6) is 0 Å². The fraction of sp³-hybridized carbons (Fsp3) is 0.167. The molecule has 0 N–H and O–H groups in total.